The molecule has 2 fully saturated rings. The monoisotopic (exact) mass is 447 g/mol. The quantitative estimate of drug-likeness (QED) is 0.718. The molecule has 0 bridgehead atoms. The number of fused-ring (bicyclic) bond motifs is 2. The fraction of sp³-hybridized carbons (Fsp3) is 0.545. The van der Waals surface area contributed by atoms with Crippen molar-refractivity contribution in [3.8, 4) is 5.75 Å². The number of ether oxygens (including phenoxy) is 2. The van der Waals surface area contributed by atoms with E-state index < -0.39 is 15.6 Å². The highest BCUT2D eigenvalue weighted by molar-refractivity contribution is 7.89. The molecule has 2 unspecified atom stereocenters. The first-order chi connectivity index (χ1) is 14.6. The minimum absolute atomic E-state index is 0.0922. The third-order valence-corrected chi connectivity index (χ3v) is 7.80. The number of rotatable bonds is 3. The van der Waals surface area contributed by atoms with Crippen LogP contribution in [0.1, 0.15) is 33.6 Å². The van der Waals surface area contributed by atoms with E-state index in [1.54, 1.807) is 23.2 Å². The molecular formula is C22H29N3O5S. The van der Waals surface area contributed by atoms with Gasteiger partial charge in [0.2, 0.25) is 10.0 Å². The van der Waals surface area contributed by atoms with Gasteiger partial charge in [0.1, 0.15) is 11.4 Å². The van der Waals surface area contributed by atoms with E-state index >= 15 is 0 Å². The Kier molecular flexibility index (Phi) is 5.59. The summed E-state index contributed by atoms with van der Waals surface area (Å²) in [5.41, 5.74) is -0.595. The smallest absolute Gasteiger partial charge is 0.410 e. The molecule has 31 heavy (non-hydrogen) atoms. The van der Waals surface area contributed by atoms with E-state index in [0.717, 1.165) is 12.8 Å². The molecule has 2 atom stereocenters. The number of hydrogen-bond acceptors (Lipinski definition) is 6. The van der Waals surface area contributed by atoms with Crippen LogP contribution in [0.15, 0.2) is 35.5 Å². The van der Waals surface area contributed by atoms with Crippen molar-refractivity contribution in [1.29, 1.82) is 0 Å². The number of likely N-dealkylation sites (tertiary alicyclic amines) is 1. The highest BCUT2D eigenvalue weighted by Gasteiger charge is 2.46. The van der Waals surface area contributed by atoms with Crippen LogP contribution in [0.3, 0.4) is 0 Å². The van der Waals surface area contributed by atoms with Crippen LogP contribution in [0, 0.1) is 5.92 Å². The van der Waals surface area contributed by atoms with E-state index in [1.165, 1.54) is 17.6 Å². The molecular weight excluding hydrogens is 418 g/mol. The Morgan fingerprint density at radius 1 is 1.19 bits per heavy atom. The number of methoxy groups -OCH3 is 1. The topological polar surface area (TPSA) is 89.0 Å². The molecule has 0 aliphatic carbocycles. The second kappa shape index (κ2) is 7.94. The first-order valence-electron chi connectivity index (χ1n) is 10.5. The Bertz CT molecular complexity index is 1090. The lowest BCUT2D eigenvalue weighted by molar-refractivity contribution is 0.00643. The van der Waals surface area contributed by atoms with Crippen molar-refractivity contribution < 1.29 is 22.7 Å². The van der Waals surface area contributed by atoms with Gasteiger partial charge < -0.3 is 14.4 Å². The molecule has 2 aromatic rings. The average molecular weight is 448 g/mol. The third kappa shape index (κ3) is 4.08. The number of piperidine rings is 1. The molecule has 4 rings (SSSR count). The van der Waals surface area contributed by atoms with E-state index in [2.05, 4.69) is 4.98 Å². The van der Waals surface area contributed by atoms with Gasteiger partial charge in [-0.25, -0.2) is 13.2 Å². The van der Waals surface area contributed by atoms with Gasteiger partial charge in [-0.1, -0.05) is 12.1 Å². The summed E-state index contributed by atoms with van der Waals surface area (Å²) in [6, 6.07) is 4.95. The van der Waals surface area contributed by atoms with Crippen LogP contribution in [-0.4, -0.2) is 67.1 Å². The minimum atomic E-state index is -3.79. The normalized spacial score (nSPS) is 22.4. The number of amides is 1. The molecule has 1 aromatic heterocycles. The van der Waals surface area contributed by atoms with Crippen LogP contribution in [0.2, 0.25) is 0 Å². The summed E-state index contributed by atoms with van der Waals surface area (Å²) >= 11 is 0. The molecule has 2 saturated heterocycles. The summed E-state index contributed by atoms with van der Waals surface area (Å²) in [6.45, 7) is 6.73. The standard InChI is InChI=1S/C22H29N3O5S/c1-22(2,3)30-21(26)25-10-6-8-16-13-24(14-17(16)25)31(27,28)19-9-5-7-15-11-23-12-18(29-4)20(15)19/h5,7,9,11-12,16-17H,6,8,10,13-14H2,1-4H3. The molecule has 0 N–H and O–H groups in total. The maximum atomic E-state index is 13.7. The number of carbonyl (C=O) groups is 1. The molecule has 0 saturated carbocycles. The van der Waals surface area contributed by atoms with E-state index in [1.807, 2.05) is 26.8 Å². The maximum Gasteiger partial charge on any atom is 0.410 e. The maximum absolute atomic E-state index is 13.7. The van der Waals surface area contributed by atoms with E-state index in [4.69, 9.17) is 9.47 Å². The van der Waals surface area contributed by atoms with Gasteiger partial charge in [0, 0.05) is 36.6 Å². The lowest BCUT2D eigenvalue weighted by atomic mass is 9.92. The van der Waals surface area contributed by atoms with Crippen LogP contribution in [-0.2, 0) is 14.8 Å². The molecule has 2 aliphatic heterocycles. The molecule has 0 spiro atoms. The zero-order valence-corrected chi connectivity index (χ0v) is 19.2. The zero-order valence-electron chi connectivity index (χ0n) is 18.4. The molecule has 2 aliphatic rings. The molecule has 1 aromatic carbocycles. The number of hydrogen-bond donors (Lipinski definition) is 0. The van der Waals surface area contributed by atoms with Gasteiger partial charge in [-0.3, -0.25) is 4.98 Å². The van der Waals surface area contributed by atoms with Crippen molar-refractivity contribution in [3.63, 3.8) is 0 Å². The summed E-state index contributed by atoms with van der Waals surface area (Å²) in [4.78, 5) is 18.8. The number of nitrogens with zero attached hydrogens (tertiary/aromatic N) is 3. The molecule has 8 nitrogen and oxygen atoms in total. The number of pyridine rings is 1. The van der Waals surface area contributed by atoms with Gasteiger partial charge in [-0.05, 0) is 45.6 Å². The second-order valence-electron chi connectivity index (χ2n) is 9.16. The van der Waals surface area contributed by atoms with E-state index in [-0.39, 0.29) is 29.5 Å². The van der Waals surface area contributed by atoms with Crippen molar-refractivity contribution >= 4 is 26.9 Å². The van der Waals surface area contributed by atoms with Gasteiger partial charge >= 0.3 is 6.09 Å². The minimum Gasteiger partial charge on any atom is -0.494 e. The van der Waals surface area contributed by atoms with Crippen LogP contribution < -0.4 is 4.74 Å². The van der Waals surface area contributed by atoms with Crippen molar-refractivity contribution in [1.82, 2.24) is 14.2 Å². The van der Waals surface area contributed by atoms with Gasteiger partial charge in [0.05, 0.1) is 24.2 Å². The number of aromatic nitrogens is 1. The van der Waals surface area contributed by atoms with Crippen LogP contribution >= 0.6 is 0 Å². The Morgan fingerprint density at radius 2 is 1.97 bits per heavy atom. The highest BCUT2D eigenvalue weighted by Crippen LogP contribution is 2.37. The fourth-order valence-corrected chi connectivity index (χ4v) is 6.31. The number of carbonyl (C=O) groups excluding carboxylic acids is 1. The number of benzene rings is 1. The molecule has 168 valence electrons. The van der Waals surface area contributed by atoms with Crippen molar-refractivity contribution in [3.05, 3.63) is 30.6 Å². The largest absolute Gasteiger partial charge is 0.494 e. The average Bonchev–Trinajstić information content (AvgIpc) is 3.16. The summed E-state index contributed by atoms with van der Waals surface area (Å²) in [5, 5.41) is 1.23. The first-order valence-corrected chi connectivity index (χ1v) is 12.0. The Hall–Kier alpha value is -2.39. The molecule has 0 radical (unpaired) electrons. The summed E-state index contributed by atoms with van der Waals surface area (Å²) in [7, 11) is -2.29. The molecule has 1 amide bonds. The summed E-state index contributed by atoms with van der Waals surface area (Å²) in [6.07, 6.45) is 4.50. The van der Waals surface area contributed by atoms with E-state index in [9.17, 15) is 13.2 Å². The third-order valence-electron chi connectivity index (χ3n) is 5.92. The van der Waals surface area contributed by atoms with Crippen LogP contribution in [0.5, 0.6) is 5.75 Å². The first kappa shape index (κ1) is 21.8. The number of sulfonamides is 1. The lowest BCUT2D eigenvalue weighted by Gasteiger charge is -2.37. The zero-order chi connectivity index (χ0) is 22.4. The van der Waals surface area contributed by atoms with Crippen molar-refractivity contribution in [2.24, 2.45) is 5.92 Å². The Morgan fingerprint density at radius 3 is 2.68 bits per heavy atom. The van der Waals surface area contributed by atoms with Gasteiger partial charge in [-0.15, -0.1) is 0 Å². The summed E-state index contributed by atoms with van der Waals surface area (Å²) < 4.78 is 39.8. The van der Waals surface area contributed by atoms with Gasteiger partial charge in [0.15, 0.2) is 0 Å². The SMILES string of the molecule is COc1cncc2cccc(S(=O)(=O)N3CC4CCCN(C(=O)OC(C)(C)C)C4C3)c12. The molecule has 9 heteroatoms. The second-order valence-corrected chi connectivity index (χ2v) is 11.1. The molecule has 3 heterocycles. The summed E-state index contributed by atoms with van der Waals surface area (Å²) in [5.74, 6) is 0.512. The predicted molar refractivity (Wildman–Crippen MR) is 117 cm³/mol. The van der Waals surface area contributed by atoms with Gasteiger partial charge in [-0.2, -0.15) is 4.31 Å². The predicted octanol–water partition coefficient (Wildman–Crippen LogP) is 3.26. The van der Waals surface area contributed by atoms with Crippen LogP contribution in [0.4, 0.5) is 4.79 Å². The lowest BCUT2D eigenvalue weighted by Crippen LogP contribution is -2.50. The highest BCUT2D eigenvalue weighted by atomic mass is 32.2. The van der Waals surface area contributed by atoms with Gasteiger partial charge in [0.25, 0.3) is 0 Å². The van der Waals surface area contributed by atoms with Crippen molar-refractivity contribution in [2.75, 3.05) is 26.7 Å². The van der Waals surface area contributed by atoms with E-state index in [0.29, 0.717) is 29.6 Å². The Labute approximate surface area is 183 Å². The Balaban J connectivity index is 1.66. The van der Waals surface area contributed by atoms with Crippen molar-refractivity contribution in [2.45, 2.75) is 50.2 Å². The fourth-order valence-electron chi connectivity index (χ4n) is 4.56. The van der Waals surface area contributed by atoms with Crippen LogP contribution in [0.25, 0.3) is 10.8 Å².